The minimum atomic E-state index is -0.897. The molecule has 0 amide bonds. The highest BCUT2D eigenvalue weighted by Gasteiger charge is 2.45. The van der Waals surface area contributed by atoms with Crippen molar-refractivity contribution in [1.82, 2.24) is 0 Å². The number of rotatable bonds is 8. The molecule has 144 valence electrons. The summed E-state index contributed by atoms with van der Waals surface area (Å²) in [5, 5.41) is 11.3. The van der Waals surface area contributed by atoms with E-state index < -0.39 is 11.5 Å². The van der Waals surface area contributed by atoms with Gasteiger partial charge in [0.25, 0.3) is 0 Å². The lowest BCUT2D eigenvalue weighted by atomic mass is 9.70. The topological polar surface area (TPSA) is 46.5 Å². The van der Waals surface area contributed by atoms with E-state index >= 15 is 0 Å². The second kappa shape index (κ2) is 9.18. The minimum Gasteiger partial charge on any atom is -0.459 e. The molecule has 1 N–H and O–H groups in total. The van der Waals surface area contributed by atoms with Gasteiger partial charge in [-0.05, 0) is 52.4 Å². The van der Waals surface area contributed by atoms with Crippen molar-refractivity contribution in [3.05, 3.63) is 11.6 Å². The van der Waals surface area contributed by atoms with E-state index in [4.69, 9.17) is 4.74 Å². The summed E-state index contributed by atoms with van der Waals surface area (Å²) < 4.78 is 6.63. The van der Waals surface area contributed by atoms with Crippen molar-refractivity contribution in [3.63, 3.8) is 0 Å². The molecular formula is C21H38NO3+. The Morgan fingerprint density at radius 1 is 1.20 bits per heavy atom. The molecule has 0 saturated heterocycles. The van der Waals surface area contributed by atoms with Crippen molar-refractivity contribution in [3.8, 4) is 0 Å². The number of hydrogen-bond donors (Lipinski definition) is 1. The Labute approximate surface area is 153 Å². The van der Waals surface area contributed by atoms with Crippen LogP contribution in [0.5, 0.6) is 0 Å². The van der Waals surface area contributed by atoms with E-state index in [0.717, 1.165) is 81.1 Å². The van der Waals surface area contributed by atoms with E-state index in [1.165, 1.54) is 6.42 Å². The van der Waals surface area contributed by atoms with Crippen LogP contribution in [0.25, 0.3) is 0 Å². The van der Waals surface area contributed by atoms with E-state index in [0.29, 0.717) is 6.61 Å². The monoisotopic (exact) mass is 352 g/mol. The Bertz CT molecular complexity index is 462. The van der Waals surface area contributed by atoms with Gasteiger partial charge in [-0.15, -0.1) is 0 Å². The molecule has 2 rings (SSSR count). The second-order valence-corrected chi connectivity index (χ2v) is 8.27. The number of hydrogen-bond acceptors (Lipinski definition) is 3. The first-order valence-corrected chi connectivity index (χ1v) is 10.4. The highest BCUT2D eigenvalue weighted by molar-refractivity contribution is 5.77. The third-order valence-electron chi connectivity index (χ3n) is 6.59. The number of nitrogens with zero attached hydrogens (tertiary/aromatic N) is 1. The zero-order chi connectivity index (χ0) is 18.3. The first kappa shape index (κ1) is 20.4. The molecule has 0 heterocycles. The molecule has 25 heavy (non-hydrogen) atoms. The van der Waals surface area contributed by atoms with Crippen molar-refractivity contribution >= 4 is 5.97 Å². The standard InChI is InChI=1S/C21H38NO3/c1-4-22(3,5-2)16-17-25-20(23)19(18-12-8-6-9-13-18)21(24)14-10-7-11-15-21/h12,19,24H,4-11,13-17H2,1-3H3/q+1/t19-/m1/s1. The van der Waals surface area contributed by atoms with Crippen LogP contribution in [0.1, 0.15) is 71.6 Å². The summed E-state index contributed by atoms with van der Waals surface area (Å²) in [5.41, 5.74) is 0.232. The van der Waals surface area contributed by atoms with Crippen molar-refractivity contribution in [2.24, 2.45) is 5.92 Å². The third kappa shape index (κ3) is 5.30. The summed E-state index contributed by atoms with van der Waals surface area (Å²) in [6.07, 6.45) is 11.1. The van der Waals surface area contributed by atoms with Crippen molar-refractivity contribution in [2.75, 3.05) is 33.3 Å². The number of ether oxygens (including phenoxy) is 1. The van der Waals surface area contributed by atoms with Crippen LogP contribution >= 0.6 is 0 Å². The highest BCUT2D eigenvalue weighted by atomic mass is 16.5. The van der Waals surface area contributed by atoms with Gasteiger partial charge in [0.1, 0.15) is 19.1 Å². The van der Waals surface area contributed by atoms with Gasteiger partial charge in [-0.1, -0.05) is 30.9 Å². The van der Waals surface area contributed by atoms with Crippen molar-refractivity contribution in [1.29, 1.82) is 0 Å². The van der Waals surface area contributed by atoms with Gasteiger partial charge in [-0.2, -0.15) is 0 Å². The summed E-state index contributed by atoms with van der Waals surface area (Å²) in [7, 11) is 2.20. The second-order valence-electron chi connectivity index (χ2n) is 8.27. The van der Waals surface area contributed by atoms with E-state index in [1.54, 1.807) is 0 Å². The molecule has 0 aromatic heterocycles. The molecule has 0 aliphatic heterocycles. The first-order valence-electron chi connectivity index (χ1n) is 10.4. The van der Waals surface area contributed by atoms with Crippen molar-refractivity contribution < 1.29 is 19.1 Å². The average molecular weight is 353 g/mol. The third-order valence-corrected chi connectivity index (χ3v) is 6.59. The van der Waals surface area contributed by atoms with Gasteiger partial charge < -0.3 is 14.3 Å². The zero-order valence-electron chi connectivity index (χ0n) is 16.6. The predicted octanol–water partition coefficient (Wildman–Crippen LogP) is 3.83. The maximum absolute atomic E-state index is 13.0. The first-order chi connectivity index (χ1) is 11.9. The number of carbonyl (C=O) groups excluding carboxylic acids is 1. The summed E-state index contributed by atoms with van der Waals surface area (Å²) >= 11 is 0. The van der Waals surface area contributed by atoms with Gasteiger partial charge in [-0.3, -0.25) is 4.79 Å². The molecule has 0 unspecified atom stereocenters. The molecule has 1 atom stereocenters. The van der Waals surface area contributed by atoms with E-state index in [1.807, 2.05) is 0 Å². The fraction of sp³-hybridized carbons (Fsp3) is 0.857. The van der Waals surface area contributed by atoms with Gasteiger partial charge in [0.15, 0.2) is 0 Å². The van der Waals surface area contributed by atoms with Crippen LogP contribution in [0.15, 0.2) is 11.6 Å². The maximum atomic E-state index is 13.0. The van der Waals surface area contributed by atoms with Crippen LogP contribution in [0.4, 0.5) is 0 Å². The molecule has 0 bridgehead atoms. The van der Waals surface area contributed by atoms with Crippen LogP contribution in [-0.2, 0) is 9.53 Å². The summed E-state index contributed by atoms with van der Waals surface area (Å²) in [5.74, 6) is -0.647. The number of esters is 1. The van der Waals surface area contributed by atoms with Gasteiger partial charge in [0.2, 0.25) is 0 Å². The Hall–Kier alpha value is -0.870. The van der Waals surface area contributed by atoms with Gasteiger partial charge >= 0.3 is 5.97 Å². The minimum absolute atomic E-state index is 0.198. The fourth-order valence-electron chi connectivity index (χ4n) is 4.28. The fourth-order valence-corrected chi connectivity index (χ4v) is 4.28. The molecule has 1 saturated carbocycles. The molecule has 2 aliphatic carbocycles. The summed E-state index contributed by atoms with van der Waals surface area (Å²) in [6, 6.07) is 0. The van der Waals surface area contributed by atoms with Crippen LogP contribution in [0.3, 0.4) is 0 Å². The highest BCUT2D eigenvalue weighted by Crippen LogP contribution is 2.41. The van der Waals surface area contributed by atoms with Gasteiger partial charge in [0.05, 0.1) is 25.7 Å². The smallest absolute Gasteiger partial charge is 0.316 e. The molecular weight excluding hydrogens is 314 g/mol. The quantitative estimate of drug-likeness (QED) is 0.410. The zero-order valence-corrected chi connectivity index (χ0v) is 16.6. The Morgan fingerprint density at radius 2 is 1.88 bits per heavy atom. The SMILES string of the molecule is CC[N+](C)(CC)CCOC(=O)[C@@H](C1=CCCCC1)C1(O)CCCCC1. The Kier molecular flexibility index (Phi) is 7.51. The summed E-state index contributed by atoms with van der Waals surface area (Å²) in [4.78, 5) is 13.0. The number of allylic oxidation sites excluding steroid dienone is 1. The molecule has 4 heteroatoms. The normalized spacial score (nSPS) is 22.2. The molecule has 0 radical (unpaired) electrons. The molecule has 2 aliphatic rings. The van der Waals surface area contributed by atoms with E-state index in [-0.39, 0.29) is 5.97 Å². The molecule has 0 aromatic rings. The molecule has 0 aromatic carbocycles. The molecule has 1 fully saturated rings. The van der Waals surface area contributed by atoms with Crippen LogP contribution in [0.2, 0.25) is 0 Å². The number of quaternary nitrogens is 1. The van der Waals surface area contributed by atoms with Crippen LogP contribution in [0, 0.1) is 5.92 Å². The Morgan fingerprint density at radius 3 is 2.44 bits per heavy atom. The lowest BCUT2D eigenvalue weighted by Gasteiger charge is -2.40. The maximum Gasteiger partial charge on any atom is 0.316 e. The van der Waals surface area contributed by atoms with Crippen molar-refractivity contribution in [2.45, 2.75) is 77.2 Å². The number of aliphatic hydroxyl groups is 1. The lowest BCUT2D eigenvalue weighted by molar-refractivity contribution is -0.906. The average Bonchev–Trinajstić information content (AvgIpc) is 2.63. The summed E-state index contributed by atoms with van der Waals surface area (Å²) in [6.45, 7) is 7.69. The predicted molar refractivity (Wildman–Crippen MR) is 101 cm³/mol. The number of carbonyl (C=O) groups is 1. The Balaban J connectivity index is 2.06. The lowest BCUT2D eigenvalue weighted by Crippen LogP contribution is -2.48. The van der Waals surface area contributed by atoms with E-state index in [9.17, 15) is 9.90 Å². The molecule has 4 nitrogen and oxygen atoms in total. The van der Waals surface area contributed by atoms with Crippen LogP contribution < -0.4 is 0 Å². The molecule has 0 spiro atoms. The van der Waals surface area contributed by atoms with Crippen LogP contribution in [-0.4, -0.2) is 54.4 Å². The van der Waals surface area contributed by atoms with Gasteiger partial charge in [-0.25, -0.2) is 0 Å². The largest absolute Gasteiger partial charge is 0.459 e. The van der Waals surface area contributed by atoms with E-state index in [2.05, 4.69) is 27.0 Å². The van der Waals surface area contributed by atoms with Gasteiger partial charge in [0, 0.05) is 0 Å². The number of likely N-dealkylation sites (N-methyl/N-ethyl adjacent to an activating group) is 1.